The molecule has 1 heterocycles. The summed E-state index contributed by atoms with van der Waals surface area (Å²) in [4.78, 5) is 11.8. The molecule has 0 aromatic carbocycles. The van der Waals surface area contributed by atoms with E-state index in [-0.39, 0.29) is 5.78 Å². The summed E-state index contributed by atoms with van der Waals surface area (Å²) in [5.74, 6) is 0.113. The maximum atomic E-state index is 11.8. The lowest BCUT2D eigenvalue weighted by Gasteiger charge is -2.01. The van der Waals surface area contributed by atoms with Crippen molar-refractivity contribution in [1.29, 1.82) is 0 Å². The summed E-state index contributed by atoms with van der Waals surface area (Å²) in [6.07, 6.45) is 14.4. The van der Waals surface area contributed by atoms with Gasteiger partial charge in [-0.25, -0.2) is 0 Å². The molecule has 2 heteroatoms. The Labute approximate surface area is 134 Å². The molecule has 2 nitrogen and oxygen atoms in total. The van der Waals surface area contributed by atoms with Crippen LogP contribution in [0.1, 0.15) is 70.2 Å². The molecule has 0 atom stereocenters. The fraction of sp³-hybridized carbons (Fsp3) is 0.450. The van der Waals surface area contributed by atoms with Gasteiger partial charge in [0.25, 0.3) is 0 Å². The lowest BCUT2D eigenvalue weighted by molar-refractivity contribution is 0.0995. The third-order valence-electron chi connectivity index (χ3n) is 3.60. The van der Waals surface area contributed by atoms with Gasteiger partial charge < -0.3 is 4.42 Å². The van der Waals surface area contributed by atoms with Crippen LogP contribution >= 0.6 is 0 Å². The summed E-state index contributed by atoms with van der Waals surface area (Å²) < 4.78 is 4.93. The van der Waals surface area contributed by atoms with Crippen molar-refractivity contribution < 1.29 is 9.21 Å². The Morgan fingerprint density at radius 1 is 1.00 bits per heavy atom. The van der Waals surface area contributed by atoms with E-state index in [9.17, 15) is 4.79 Å². The van der Waals surface area contributed by atoms with Gasteiger partial charge in [0, 0.05) is 6.42 Å². The first-order valence-corrected chi connectivity index (χ1v) is 7.99. The van der Waals surface area contributed by atoms with Crippen LogP contribution in [0.2, 0.25) is 0 Å². The third kappa shape index (κ3) is 7.82. The van der Waals surface area contributed by atoms with Crippen LogP contribution in [0.3, 0.4) is 0 Å². The molecule has 0 aliphatic rings. The molecule has 0 radical (unpaired) electrons. The predicted molar refractivity (Wildman–Crippen MR) is 93.1 cm³/mol. The van der Waals surface area contributed by atoms with Crippen LogP contribution in [0.5, 0.6) is 0 Å². The van der Waals surface area contributed by atoms with Crippen molar-refractivity contribution in [2.24, 2.45) is 0 Å². The highest BCUT2D eigenvalue weighted by Crippen LogP contribution is 2.13. The third-order valence-corrected chi connectivity index (χ3v) is 3.60. The van der Waals surface area contributed by atoms with E-state index in [2.05, 4.69) is 39.8 Å². The van der Waals surface area contributed by atoms with Crippen LogP contribution < -0.4 is 0 Å². The zero-order chi connectivity index (χ0) is 16.4. The van der Waals surface area contributed by atoms with Crippen LogP contribution in [0.25, 0.3) is 0 Å². The number of Topliss-reactive ketones (excluding diaryl/α,β-unsaturated/α-hetero) is 1. The fourth-order valence-corrected chi connectivity index (χ4v) is 2.15. The summed E-state index contributed by atoms with van der Waals surface area (Å²) in [5.41, 5.74) is 4.75. The van der Waals surface area contributed by atoms with Crippen molar-refractivity contribution in [1.82, 2.24) is 0 Å². The quantitative estimate of drug-likeness (QED) is 0.397. The zero-order valence-electron chi connectivity index (χ0n) is 14.3. The highest BCUT2D eigenvalue weighted by molar-refractivity contribution is 5.96. The maximum absolute atomic E-state index is 11.8. The van der Waals surface area contributed by atoms with Crippen LogP contribution in [0.4, 0.5) is 0 Å². The van der Waals surface area contributed by atoms with Gasteiger partial charge in [0.2, 0.25) is 0 Å². The summed E-state index contributed by atoms with van der Waals surface area (Å²) >= 11 is 0. The number of hydrogen-bond donors (Lipinski definition) is 0. The standard InChI is InChI=1S/C20H28O2/c1-16(2)7-5-8-17(3)9-6-10-18(4)11-12-20(21)19-13-14-22-15-19/h7,9,11,13-15H,5-6,8,10,12H2,1-4H3/b17-9+,18-11+. The Kier molecular flexibility index (Phi) is 8.27. The highest BCUT2D eigenvalue weighted by atomic mass is 16.3. The van der Waals surface area contributed by atoms with Gasteiger partial charge in [-0.05, 0) is 59.4 Å². The van der Waals surface area contributed by atoms with Gasteiger partial charge >= 0.3 is 0 Å². The van der Waals surface area contributed by atoms with Crippen molar-refractivity contribution in [2.45, 2.75) is 59.8 Å². The molecule has 0 aliphatic heterocycles. The van der Waals surface area contributed by atoms with E-state index in [0.717, 1.165) is 25.7 Å². The van der Waals surface area contributed by atoms with Gasteiger partial charge in [0.05, 0.1) is 11.8 Å². The topological polar surface area (TPSA) is 30.2 Å². The molecule has 1 aromatic rings. The predicted octanol–water partition coefficient (Wildman–Crippen LogP) is 6.27. The lowest BCUT2D eigenvalue weighted by atomic mass is 10.0. The molecule has 0 fully saturated rings. The van der Waals surface area contributed by atoms with E-state index in [1.807, 2.05) is 6.08 Å². The van der Waals surface area contributed by atoms with Crippen molar-refractivity contribution in [3.8, 4) is 0 Å². The number of ketones is 1. The van der Waals surface area contributed by atoms with E-state index in [1.54, 1.807) is 6.07 Å². The van der Waals surface area contributed by atoms with Crippen LogP contribution in [0.15, 0.2) is 58.0 Å². The Morgan fingerprint density at radius 2 is 1.64 bits per heavy atom. The molecule has 0 saturated heterocycles. The Hall–Kier alpha value is -1.83. The monoisotopic (exact) mass is 300 g/mol. The second-order valence-corrected chi connectivity index (χ2v) is 6.10. The van der Waals surface area contributed by atoms with Crippen molar-refractivity contribution >= 4 is 5.78 Å². The SMILES string of the molecule is CC(C)=CCC/C(C)=C/CC/C(C)=C/CC(=O)c1ccoc1. The molecule has 0 spiro atoms. The normalized spacial score (nSPS) is 12.4. The lowest BCUT2D eigenvalue weighted by Crippen LogP contribution is -1.94. The van der Waals surface area contributed by atoms with Crippen LogP contribution in [-0.4, -0.2) is 5.78 Å². The van der Waals surface area contributed by atoms with Gasteiger partial charge in [-0.1, -0.05) is 34.9 Å². The van der Waals surface area contributed by atoms with Gasteiger partial charge in [0.15, 0.2) is 5.78 Å². The van der Waals surface area contributed by atoms with E-state index in [0.29, 0.717) is 12.0 Å². The van der Waals surface area contributed by atoms with Gasteiger partial charge in [0.1, 0.15) is 6.26 Å². The number of carbonyl (C=O) groups is 1. The smallest absolute Gasteiger partial charge is 0.169 e. The Bertz CT molecular complexity index is 538. The molecule has 1 rings (SSSR count). The Morgan fingerprint density at radius 3 is 2.23 bits per heavy atom. The number of allylic oxidation sites excluding steroid dienone is 6. The molecule has 120 valence electrons. The second-order valence-electron chi connectivity index (χ2n) is 6.10. The largest absolute Gasteiger partial charge is 0.472 e. The summed E-state index contributed by atoms with van der Waals surface area (Å²) in [6.45, 7) is 8.56. The molecule has 0 bridgehead atoms. The number of hydrogen-bond acceptors (Lipinski definition) is 2. The number of furan rings is 1. The minimum Gasteiger partial charge on any atom is -0.472 e. The van der Waals surface area contributed by atoms with E-state index < -0.39 is 0 Å². The minimum atomic E-state index is 0.113. The van der Waals surface area contributed by atoms with Gasteiger partial charge in [-0.2, -0.15) is 0 Å². The number of rotatable bonds is 9. The van der Waals surface area contributed by atoms with Crippen molar-refractivity contribution in [2.75, 3.05) is 0 Å². The first-order chi connectivity index (χ1) is 10.5. The van der Waals surface area contributed by atoms with E-state index in [4.69, 9.17) is 4.42 Å². The molecule has 0 unspecified atom stereocenters. The maximum Gasteiger partial charge on any atom is 0.169 e. The number of carbonyl (C=O) groups excluding carboxylic acids is 1. The Balaban J connectivity index is 2.29. The molecular formula is C20H28O2. The average Bonchev–Trinajstić information content (AvgIpc) is 2.98. The zero-order valence-corrected chi connectivity index (χ0v) is 14.3. The molecule has 0 amide bonds. The summed E-state index contributed by atoms with van der Waals surface area (Å²) in [5, 5.41) is 0. The minimum absolute atomic E-state index is 0.113. The highest BCUT2D eigenvalue weighted by Gasteiger charge is 2.04. The molecule has 22 heavy (non-hydrogen) atoms. The summed E-state index contributed by atoms with van der Waals surface area (Å²) in [7, 11) is 0. The van der Waals surface area contributed by atoms with Crippen LogP contribution in [0, 0.1) is 0 Å². The van der Waals surface area contributed by atoms with Crippen molar-refractivity contribution in [3.05, 3.63) is 59.1 Å². The molecule has 0 aliphatic carbocycles. The molecule has 0 saturated carbocycles. The fourth-order valence-electron chi connectivity index (χ4n) is 2.15. The second kappa shape index (κ2) is 9.99. The molecule has 0 N–H and O–H groups in total. The van der Waals surface area contributed by atoms with E-state index in [1.165, 1.54) is 29.2 Å². The average molecular weight is 300 g/mol. The van der Waals surface area contributed by atoms with E-state index >= 15 is 0 Å². The molecule has 1 aromatic heterocycles. The first kappa shape index (κ1) is 18.2. The van der Waals surface area contributed by atoms with Gasteiger partial charge in [-0.3, -0.25) is 4.79 Å². The molecular weight excluding hydrogens is 272 g/mol. The van der Waals surface area contributed by atoms with Crippen molar-refractivity contribution in [3.63, 3.8) is 0 Å². The van der Waals surface area contributed by atoms with Crippen LogP contribution in [-0.2, 0) is 0 Å². The van der Waals surface area contributed by atoms with Gasteiger partial charge in [-0.15, -0.1) is 0 Å². The summed E-state index contributed by atoms with van der Waals surface area (Å²) in [6, 6.07) is 1.71. The first-order valence-electron chi connectivity index (χ1n) is 7.99.